The molecule has 0 aliphatic heterocycles. The van der Waals surface area contributed by atoms with E-state index in [0.717, 1.165) is 22.5 Å². The highest BCUT2D eigenvalue weighted by atomic mass is 32.2. The fourth-order valence-corrected chi connectivity index (χ4v) is 7.93. The zero-order valence-corrected chi connectivity index (χ0v) is 23.8. The van der Waals surface area contributed by atoms with Crippen LogP contribution in [0.5, 0.6) is 0 Å². The molecule has 4 aromatic heterocycles. The van der Waals surface area contributed by atoms with Gasteiger partial charge in [0.25, 0.3) is 0 Å². The van der Waals surface area contributed by atoms with Crippen molar-refractivity contribution in [3.8, 4) is 10.6 Å². The minimum Gasteiger partial charge on any atom is -0.390 e. The van der Waals surface area contributed by atoms with Gasteiger partial charge < -0.3 is 20.8 Å². The highest BCUT2D eigenvalue weighted by molar-refractivity contribution is 7.91. The summed E-state index contributed by atoms with van der Waals surface area (Å²) in [4.78, 5) is 22.7. The minimum atomic E-state index is -3.68. The molecule has 2 aliphatic rings. The molecule has 2 fully saturated rings. The molecule has 13 heteroatoms. The number of aromatic nitrogens is 5. The third-order valence-electron chi connectivity index (χ3n) is 7.61. The maximum absolute atomic E-state index is 13.0. The molecule has 11 nitrogen and oxygen atoms in total. The predicted octanol–water partition coefficient (Wildman–Crippen LogP) is 2.98. The number of rotatable bonds is 9. The first-order valence-electron chi connectivity index (χ1n) is 13.3. The quantitative estimate of drug-likeness (QED) is 0.230. The lowest BCUT2D eigenvalue weighted by Gasteiger charge is -2.21. The molecule has 6 rings (SSSR count). The highest BCUT2D eigenvalue weighted by Crippen LogP contribution is 2.39. The topological polar surface area (TPSA) is 163 Å². The number of sulfone groups is 1. The van der Waals surface area contributed by atoms with Crippen LogP contribution in [-0.4, -0.2) is 74.1 Å². The Morgan fingerprint density at radius 1 is 1.00 bits per heavy atom. The van der Waals surface area contributed by atoms with Gasteiger partial charge in [0, 0.05) is 31.1 Å². The number of aliphatic hydroxyl groups excluding tert-OH is 2. The molecule has 0 aromatic carbocycles. The predicted molar refractivity (Wildman–Crippen MR) is 153 cm³/mol. The van der Waals surface area contributed by atoms with Gasteiger partial charge in [-0.05, 0) is 57.2 Å². The maximum atomic E-state index is 13.0. The zero-order valence-electron chi connectivity index (χ0n) is 22.1. The number of nitrogens with zero attached hydrogens (tertiary/aromatic N) is 5. The summed E-state index contributed by atoms with van der Waals surface area (Å²) < 4.78 is 27.0. The van der Waals surface area contributed by atoms with Crippen LogP contribution in [-0.2, 0) is 9.84 Å². The van der Waals surface area contributed by atoms with E-state index in [1.807, 2.05) is 19.9 Å². The lowest BCUT2D eigenvalue weighted by atomic mass is 10.1. The van der Waals surface area contributed by atoms with E-state index < -0.39 is 34.0 Å². The van der Waals surface area contributed by atoms with Crippen molar-refractivity contribution in [2.75, 3.05) is 22.9 Å². The largest absolute Gasteiger partial charge is 0.390 e. The van der Waals surface area contributed by atoms with Gasteiger partial charge in [0.2, 0.25) is 5.95 Å². The summed E-state index contributed by atoms with van der Waals surface area (Å²) in [5.74, 6) is 0.612. The summed E-state index contributed by atoms with van der Waals surface area (Å²) >= 11 is 1.50. The van der Waals surface area contributed by atoms with Crippen molar-refractivity contribution >= 4 is 43.2 Å². The van der Waals surface area contributed by atoms with Gasteiger partial charge in [0.15, 0.2) is 9.84 Å². The number of aryl methyl sites for hydroxylation is 2. The van der Waals surface area contributed by atoms with E-state index in [2.05, 4.69) is 20.6 Å². The molecule has 0 bridgehead atoms. The Balaban J connectivity index is 1.31. The number of hydrogen-bond donors (Lipinski definition) is 4. The Morgan fingerprint density at radius 2 is 1.77 bits per heavy atom. The Morgan fingerprint density at radius 3 is 2.50 bits per heavy atom. The molecule has 0 amide bonds. The fourth-order valence-electron chi connectivity index (χ4n) is 5.19. The van der Waals surface area contributed by atoms with Crippen LogP contribution in [0.25, 0.3) is 20.8 Å². The second-order valence-electron chi connectivity index (χ2n) is 10.6. The molecule has 4 heterocycles. The lowest BCUT2D eigenvalue weighted by molar-refractivity contribution is 0.0216. The van der Waals surface area contributed by atoms with E-state index in [9.17, 15) is 18.6 Å². The molecule has 4 aromatic rings. The summed E-state index contributed by atoms with van der Waals surface area (Å²) in [5.41, 5.74) is 3.04. The van der Waals surface area contributed by atoms with E-state index in [0.29, 0.717) is 33.9 Å². The van der Waals surface area contributed by atoms with Gasteiger partial charge in [-0.1, -0.05) is 0 Å². The Kier molecular flexibility index (Phi) is 7.15. The van der Waals surface area contributed by atoms with Gasteiger partial charge in [-0.2, -0.15) is 4.98 Å². The van der Waals surface area contributed by atoms with Gasteiger partial charge in [0.05, 0.1) is 44.4 Å². The number of anilines is 2. The molecular formula is C27H31N7O4S2. The van der Waals surface area contributed by atoms with Gasteiger partial charge in [-0.3, -0.25) is 9.97 Å². The van der Waals surface area contributed by atoms with E-state index >= 15 is 0 Å². The summed E-state index contributed by atoms with van der Waals surface area (Å²) in [7, 11) is -3.68. The number of hydrogen-bond acceptors (Lipinski definition) is 12. The molecular weight excluding hydrogens is 550 g/mol. The molecule has 0 spiro atoms. The number of aliphatic hydroxyl groups is 2. The van der Waals surface area contributed by atoms with E-state index in [1.165, 1.54) is 48.7 Å². The molecule has 0 radical (unpaired) electrons. The lowest BCUT2D eigenvalue weighted by Crippen LogP contribution is -2.36. The Hall–Kier alpha value is -3.26. The fraction of sp³-hybridized carbons (Fsp3) is 0.444. The van der Waals surface area contributed by atoms with Crippen LogP contribution < -0.4 is 10.6 Å². The molecule has 40 heavy (non-hydrogen) atoms. The van der Waals surface area contributed by atoms with E-state index in [4.69, 9.17) is 15.0 Å². The monoisotopic (exact) mass is 581 g/mol. The summed E-state index contributed by atoms with van der Waals surface area (Å²) in [6.07, 6.45) is 4.80. The Labute approximate surface area is 236 Å². The number of thiazole rings is 1. The molecule has 2 saturated carbocycles. The van der Waals surface area contributed by atoms with Crippen molar-refractivity contribution in [1.29, 1.82) is 0 Å². The van der Waals surface area contributed by atoms with Crippen LogP contribution in [0.3, 0.4) is 0 Å². The third kappa shape index (κ3) is 5.38. The molecule has 0 unspecified atom stereocenters. The van der Waals surface area contributed by atoms with Crippen LogP contribution in [0.15, 0.2) is 41.7 Å². The molecule has 210 valence electrons. The first kappa shape index (κ1) is 26.9. The molecule has 4 atom stereocenters. The van der Waals surface area contributed by atoms with Crippen LogP contribution in [0, 0.1) is 25.7 Å². The minimum absolute atomic E-state index is 0.140. The number of nitrogens with one attached hydrogen (secondary N) is 2. The van der Waals surface area contributed by atoms with Gasteiger partial charge in [-0.25, -0.2) is 18.4 Å². The van der Waals surface area contributed by atoms with Crippen LogP contribution in [0.4, 0.5) is 11.8 Å². The summed E-state index contributed by atoms with van der Waals surface area (Å²) in [5, 5.41) is 29.2. The van der Waals surface area contributed by atoms with Crippen molar-refractivity contribution in [3.63, 3.8) is 0 Å². The smallest absolute Gasteiger partial charge is 0.224 e. The SMILES string of the molecule is Cc1nc(NCC2CC2)nc(N[C@@H]2C[C@H](CS(=O)(=O)c3ccncc3)[C@@H](O)[C@H]2O)c1-c1nc2c(C)nccc2s1. The zero-order chi connectivity index (χ0) is 28.0. The van der Waals surface area contributed by atoms with E-state index in [-0.39, 0.29) is 17.1 Å². The van der Waals surface area contributed by atoms with Gasteiger partial charge in [0.1, 0.15) is 22.4 Å². The van der Waals surface area contributed by atoms with Gasteiger partial charge >= 0.3 is 0 Å². The van der Waals surface area contributed by atoms with Crippen molar-refractivity contribution < 1.29 is 18.6 Å². The first-order chi connectivity index (χ1) is 19.2. The molecule has 2 aliphatic carbocycles. The van der Waals surface area contributed by atoms with Crippen molar-refractivity contribution in [2.45, 2.75) is 56.3 Å². The maximum Gasteiger partial charge on any atom is 0.224 e. The summed E-state index contributed by atoms with van der Waals surface area (Å²) in [6, 6.07) is 4.16. The number of fused-ring (bicyclic) bond motifs is 1. The first-order valence-corrected chi connectivity index (χ1v) is 15.8. The normalized spacial score (nSPS) is 23.0. The number of pyridine rings is 2. The highest BCUT2D eigenvalue weighted by Gasteiger charge is 2.44. The average molecular weight is 582 g/mol. The van der Waals surface area contributed by atoms with Crippen molar-refractivity contribution in [2.24, 2.45) is 11.8 Å². The van der Waals surface area contributed by atoms with Crippen molar-refractivity contribution in [1.82, 2.24) is 24.9 Å². The van der Waals surface area contributed by atoms with Crippen LogP contribution in [0.2, 0.25) is 0 Å². The average Bonchev–Trinajstić information content (AvgIpc) is 3.61. The second-order valence-corrected chi connectivity index (χ2v) is 13.7. The second kappa shape index (κ2) is 10.6. The third-order valence-corrected chi connectivity index (χ3v) is 10.5. The summed E-state index contributed by atoms with van der Waals surface area (Å²) in [6.45, 7) is 4.59. The van der Waals surface area contributed by atoms with Crippen LogP contribution in [0.1, 0.15) is 30.7 Å². The van der Waals surface area contributed by atoms with E-state index in [1.54, 1.807) is 6.20 Å². The molecule has 4 N–H and O–H groups in total. The molecule has 0 saturated heterocycles. The van der Waals surface area contributed by atoms with Gasteiger partial charge in [-0.15, -0.1) is 11.3 Å². The van der Waals surface area contributed by atoms with Crippen molar-refractivity contribution in [3.05, 3.63) is 48.2 Å². The Bertz CT molecular complexity index is 1640. The van der Waals surface area contributed by atoms with Crippen LogP contribution >= 0.6 is 11.3 Å². The standard InChI is InChI=1S/C27H31N7O4S2/c1-14-21(26-33-22-15(2)29-10-7-20(22)39-26)25(34-27(31-14)30-12-16-3-4-16)32-19-11-17(23(35)24(19)36)13-40(37,38)18-5-8-28-9-6-18/h5-10,16-17,19,23-24,35-36H,3-4,11-13H2,1-2H3,(H2,30,31,32,34)/t17-,19-,23-,24+/m1/s1.